The van der Waals surface area contributed by atoms with Crippen LogP contribution in [-0.4, -0.2) is 36.4 Å². The highest BCUT2D eigenvalue weighted by atomic mass is 35.5. The number of benzene rings is 1. The van der Waals surface area contributed by atoms with E-state index in [9.17, 15) is 9.59 Å². The summed E-state index contributed by atoms with van der Waals surface area (Å²) in [6.45, 7) is 3.99. The molecule has 7 heteroatoms. The fourth-order valence-electron chi connectivity index (χ4n) is 1.63. The first kappa shape index (κ1) is 16.3. The van der Waals surface area contributed by atoms with Crippen LogP contribution in [-0.2, 0) is 4.74 Å². The zero-order valence-electron chi connectivity index (χ0n) is 11.5. The molecular formula is C13H17ClN2O4. The van der Waals surface area contributed by atoms with E-state index in [-0.39, 0.29) is 10.6 Å². The Morgan fingerprint density at radius 1 is 1.40 bits per heavy atom. The molecule has 2 amide bonds. The Labute approximate surface area is 122 Å². The van der Waals surface area contributed by atoms with Crippen LogP contribution in [0.1, 0.15) is 24.2 Å². The molecule has 0 aliphatic carbocycles. The average Bonchev–Trinajstić information content (AvgIpc) is 2.26. The number of amides is 2. The van der Waals surface area contributed by atoms with Gasteiger partial charge in [-0.05, 0) is 32.0 Å². The summed E-state index contributed by atoms with van der Waals surface area (Å²) in [5.74, 6) is -1.12. The highest BCUT2D eigenvalue weighted by molar-refractivity contribution is 6.33. The highest BCUT2D eigenvalue weighted by Gasteiger charge is 2.20. The standard InChI is InChI=1S/C13H17ClN2O4/c1-13(2,7-20-3)16-12(19)15-8-4-5-9(11(17)18)10(14)6-8/h4-6H,7H2,1-3H3,(H,17,18)(H2,15,16,19). The Morgan fingerprint density at radius 3 is 2.55 bits per heavy atom. The Bertz CT molecular complexity index is 517. The van der Waals surface area contributed by atoms with Gasteiger partial charge in [-0.25, -0.2) is 9.59 Å². The number of ether oxygens (including phenoxy) is 1. The van der Waals surface area contributed by atoms with E-state index in [1.807, 2.05) is 13.8 Å². The molecule has 1 aromatic rings. The van der Waals surface area contributed by atoms with Crippen LogP contribution in [0.25, 0.3) is 0 Å². The molecule has 0 spiro atoms. The Hall–Kier alpha value is -1.79. The molecule has 6 nitrogen and oxygen atoms in total. The molecule has 0 bridgehead atoms. The predicted molar refractivity (Wildman–Crippen MR) is 76.5 cm³/mol. The Kier molecular flexibility index (Phi) is 5.35. The highest BCUT2D eigenvalue weighted by Crippen LogP contribution is 2.21. The van der Waals surface area contributed by atoms with E-state index >= 15 is 0 Å². The largest absolute Gasteiger partial charge is 0.478 e. The maximum absolute atomic E-state index is 11.8. The van der Waals surface area contributed by atoms with Crippen molar-refractivity contribution in [2.45, 2.75) is 19.4 Å². The van der Waals surface area contributed by atoms with Gasteiger partial charge in [0.05, 0.1) is 22.7 Å². The van der Waals surface area contributed by atoms with E-state index in [4.69, 9.17) is 21.4 Å². The summed E-state index contributed by atoms with van der Waals surface area (Å²) in [6, 6.07) is 3.76. The zero-order valence-corrected chi connectivity index (χ0v) is 12.2. The number of aromatic carboxylic acids is 1. The van der Waals surface area contributed by atoms with Gasteiger partial charge in [0, 0.05) is 12.8 Å². The average molecular weight is 301 g/mol. The van der Waals surface area contributed by atoms with Gasteiger partial charge in [0.25, 0.3) is 0 Å². The molecule has 1 aromatic carbocycles. The summed E-state index contributed by atoms with van der Waals surface area (Å²) in [7, 11) is 1.55. The van der Waals surface area contributed by atoms with Crippen LogP contribution >= 0.6 is 11.6 Å². The fourth-order valence-corrected chi connectivity index (χ4v) is 1.89. The molecular weight excluding hydrogens is 284 g/mol. The Morgan fingerprint density at radius 2 is 2.05 bits per heavy atom. The molecule has 0 fully saturated rings. The number of carbonyl (C=O) groups is 2. The molecule has 1 rings (SSSR count). The van der Waals surface area contributed by atoms with Crippen molar-refractivity contribution < 1.29 is 19.4 Å². The number of hydrogen-bond donors (Lipinski definition) is 3. The van der Waals surface area contributed by atoms with Crippen molar-refractivity contribution in [2.75, 3.05) is 19.0 Å². The second kappa shape index (κ2) is 6.58. The minimum absolute atomic E-state index is 0.0164. The van der Waals surface area contributed by atoms with Crippen LogP contribution in [0.3, 0.4) is 0 Å². The van der Waals surface area contributed by atoms with Crippen LogP contribution in [0.4, 0.5) is 10.5 Å². The van der Waals surface area contributed by atoms with E-state index in [1.54, 1.807) is 7.11 Å². The van der Waals surface area contributed by atoms with Gasteiger partial charge in [-0.15, -0.1) is 0 Å². The summed E-state index contributed by atoms with van der Waals surface area (Å²) in [5.41, 5.74) is -0.132. The lowest BCUT2D eigenvalue weighted by atomic mass is 10.1. The van der Waals surface area contributed by atoms with Gasteiger partial charge >= 0.3 is 12.0 Å². The summed E-state index contributed by atoms with van der Waals surface area (Å²) >= 11 is 5.82. The number of halogens is 1. The number of nitrogens with one attached hydrogen (secondary N) is 2. The predicted octanol–water partition coefficient (Wildman–Crippen LogP) is 2.58. The molecule has 0 atom stereocenters. The van der Waals surface area contributed by atoms with Crippen molar-refractivity contribution in [3.05, 3.63) is 28.8 Å². The number of rotatable bonds is 5. The summed E-state index contributed by atoms with van der Waals surface area (Å²) in [5, 5.41) is 14.2. The molecule has 3 N–H and O–H groups in total. The zero-order chi connectivity index (χ0) is 15.3. The topological polar surface area (TPSA) is 87.7 Å². The van der Waals surface area contributed by atoms with Crippen LogP contribution in [0.2, 0.25) is 5.02 Å². The third-order valence-electron chi connectivity index (χ3n) is 2.41. The molecule has 110 valence electrons. The SMILES string of the molecule is COCC(C)(C)NC(=O)Nc1ccc(C(=O)O)c(Cl)c1. The number of hydrogen-bond acceptors (Lipinski definition) is 3. The number of carboxylic acids is 1. The van der Waals surface area contributed by atoms with Crippen molar-refractivity contribution >= 4 is 29.3 Å². The van der Waals surface area contributed by atoms with Gasteiger partial charge in [-0.3, -0.25) is 0 Å². The lowest BCUT2D eigenvalue weighted by Gasteiger charge is -2.25. The molecule has 20 heavy (non-hydrogen) atoms. The number of urea groups is 1. The van der Waals surface area contributed by atoms with Crippen molar-refractivity contribution in [3.8, 4) is 0 Å². The fraction of sp³-hybridized carbons (Fsp3) is 0.385. The minimum atomic E-state index is -1.12. The van der Waals surface area contributed by atoms with E-state index in [1.165, 1.54) is 18.2 Å². The van der Waals surface area contributed by atoms with Gasteiger partial charge in [-0.2, -0.15) is 0 Å². The first-order chi connectivity index (χ1) is 9.25. The van der Waals surface area contributed by atoms with Crippen LogP contribution in [0.15, 0.2) is 18.2 Å². The number of carbonyl (C=O) groups excluding carboxylic acids is 1. The van der Waals surface area contributed by atoms with Gasteiger partial charge < -0.3 is 20.5 Å². The van der Waals surface area contributed by atoms with E-state index in [2.05, 4.69) is 10.6 Å². The number of anilines is 1. The third kappa shape index (κ3) is 4.71. The molecule has 0 heterocycles. The normalized spacial score (nSPS) is 11.0. The minimum Gasteiger partial charge on any atom is -0.478 e. The first-order valence-corrected chi connectivity index (χ1v) is 6.24. The number of methoxy groups -OCH3 is 1. The molecule has 0 saturated carbocycles. The number of carboxylic acid groups (broad SMARTS) is 1. The van der Waals surface area contributed by atoms with E-state index < -0.39 is 17.5 Å². The van der Waals surface area contributed by atoms with Gasteiger partial charge in [0.1, 0.15) is 0 Å². The van der Waals surface area contributed by atoms with Gasteiger partial charge in [0.15, 0.2) is 0 Å². The van der Waals surface area contributed by atoms with Crippen molar-refractivity contribution in [1.29, 1.82) is 0 Å². The first-order valence-electron chi connectivity index (χ1n) is 5.86. The van der Waals surface area contributed by atoms with E-state index in [0.717, 1.165) is 0 Å². The molecule has 0 saturated heterocycles. The second-order valence-corrected chi connectivity index (χ2v) is 5.30. The van der Waals surface area contributed by atoms with Crippen LogP contribution in [0, 0.1) is 0 Å². The summed E-state index contributed by atoms with van der Waals surface area (Å²) in [6.07, 6.45) is 0. The second-order valence-electron chi connectivity index (χ2n) is 4.90. The summed E-state index contributed by atoms with van der Waals surface area (Å²) < 4.78 is 4.99. The van der Waals surface area contributed by atoms with Crippen LogP contribution in [0.5, 0.6) is 0 Å². The maximum atomic E-state index is 11.8. The maximum Gasteiger partial charge on any atom is 0.337 e. The lowest BCUT2D eigenvalue weighted by molar-refractivity contribution is 0.0697. The van der Waals surface area contributed by atoms with Crippen molar-refractivity contribution in [2.24, 2.45) is 0 Å². The molecule has 0 aliphatic heterocycles. The van der Waals surface area contributed by atoms with Gasteiger partial charge in [0.2, 0.25) is 0 Å². The van der Waals surface area contributed by atoms with Gasteiger partial charge in [-0.1, -0.05) is 11.6 Å². The van der Waals surface area contributed by atoms with Crippen molar-refractivity contribution in [3.63, 3.8) is 0 Å². The van der Waals surface area contributed by atoms with E-state index in [0.29, 0.717) is 12.3 Å². The molecule has 0 radical (unpaired) electrons. The monoisotopic (exact) mass is 300 g/mol. The third-order valence-corrected chi connectivity index (χ3v) is 2.73. The quantitative estimate of drug-likeness (QED) is 0.780. The van der Waals surface area contributed by atoms with Crippen molar-refractivity contribution in [1.82, 2.24) is 5.32 Å². The molecule has 0 aliphatic rings. The summed E-state index contributed by atoms with van der Waals surface area (Å²) in [4.78, 5) is 22.6. The lowest BCUT2D eigenvalue weighted by Crippen LogP contribution is -2.48. The molecule has 0 unspecified atom stereocenters. The Balaban J connectivity index is 2.72. The molecule has 0 aromatic heterocycles. The smallest absolute Gasteiger partial charge is 0.337 e. The van der Waals surface area contributed by atoms with Crippen LogP contribution < -0.4 is 10.6 Å².